The van der Waals surface area contributed by atoms with E-state index < -0.39 is 0 Å². The summed E-state index contributed by atoms with van der Waals surface area (Å²) in [5.74, 6) is 1.15. The molecule has 6 heteroatoms. The number of rotatable bonds is 4. The highest BCUT2D eigenvalue weighted by Gasteiger charge is 2.32. The van der Waals surface area contributed by atoms with Crippen LogP contribution in [0.2, 0.25) is 0 Å². The van der Waals surface area contributed by atoms with Crippen LogP contribution in [0.5, 0.6) is 0 Å². The Morgan fingerprint density at radius 1 is 1.10 bits per heavy atom. The monoisotopic (exact) mass is 416 g/mol. The van der Waals surface area contributed by atoms with Gasteiger partial charge in [0.1, 0.15) is 15.8 Å². The van der Waals surface area contributed by atoms with Gasteiger partial charge in [-0.05, 0) is 48.9 Å². The lowest BCUT2D eigenvalue weighted by molar-refractivity contribution is -0.122. The number of aryl methyl sites for hydroxylation is 1. The molecular weight excluding hydrogens is 400 g/mol. The van der Waals surface area contributed by atoms with Crippen LogP contribution in [-0.2, 0) is 11.3 Å². The van der Waals surface area contributed by atoms with Gasteiger partial charge in [-0.2, -0.15) is 5.26 Å². The average Bonchev–Trinajstić information content (AvgIpc) is 3.30. The molecule has 0 atom stereocenters. The van der Waals surface area contributed by atoms with Crippen molar-refractivity contribution in [3.8, 4) is 17.4 Å². The Kier molecular flexibility index (Phi) is 5.34. The Bertz CT molecular complexity index is 1150. The molecule has 0 saturated carbocycles. The van der Waals surface area contributed by atoms with Gasteiger partial charge in [0.2, 0.25) is 0 Å². The molecule has 0 N–H and O–H groups in total. The average molecular weight is 417 g/mol. The predicted octanol–water partition coefficient (Wildman–Crippen LogP) is 5.53. The molecule has 29 heavy (non-hydrogen) atoms. The molecule has 0 radical (unpaired) electrons. The number of hydrogen-bond acceptors (Lipinski definition) is 5. The second-order valence-electron chi connectivity index (χ2n) is 6.64. The molecular formula is C23H16N2O2S2. The molecule has 2 aromatic carbocycles. The highest BCUT2D eigenvalue weighted by molar-refractivity contribution is 8.26. The zero-order valence-electron chi connectivity index (χ0n) is 15.6. The van der Waals surface area contributed by atoms with Crippen LogP contribution in [0.4, 0.5) is 0 Å². The third kappa shape index (κ3) is 4.16. The van der Waals surface area contributed by atoms with Crippen LogP contribution in [0.3, 0.4) is 0 Å². The minimum absolute atomic E-state index is 0.114. The van der Waals surface area contributed by atoms with Gasteiger partial charge in [0.05, 0.1) is 23.1 Å². The Morgan fingerprint density at radius 3 is 2.52 bits per heavy atom. The molecule has 0 spiro atoms. The maximum atomic E-state index is 12.8. The molecule has 0 bridgehead atoms. The zero-order chi connectivity index (χ0) is 20.4. The number of carbonyl (C=O) groups excluding carboxylic acids is 1. The normalized spacial score (nSPS) is 15.2. The summed E-state index contributed by atoms with van der Waals surface area (Å²) < 4.78 is 6.41. The lowest BCUT2D eigenvalue weighted by atomic mass is 10.1. The quantitative estimate of drug-likeness (QED) is 0.413. The SMILES string of the molecule is Cc1ccc(CN2C(=O)/C(=C/c3ccc(-c4ccc(C#N)cc4)o3)SC2=S)cc1. The lowest BCUT2D eigenvalue weighted by Gasteiger charge is -2.14. The topological polar surface area (TPSA) is 57.2 Å². The first kappa shape index (κ1) is 19.2. The minimum atomic E-state index is -0.114. The number of hydrogen-bond donors (Lipinski definition) is 0. The van der Waals surface area contributed by atoms with Crippen molar-refractivity contribution in [3.05, 3.63) is 88.0 Å². The Labute approximate surface area is 178 Å². The molecule has 4 rings (SSSR count). The van der Waals surface area contributed by atoms with Gasteiger partial charge in [-0.1, -0.05) is 53.8 Å². The van der Waals surface area contributed by atoms with Gasteiger partial charge in [-0.15, -0.1) is 0 Å². The summed E-state index contributed by atoms with van der Waals surface area (Å²) in [7, 11) is 0. The largest absolute Gasteiger partial charge is 0.457 e. The van der Waals surface area contributed by atoms with Crippen molar-refractivity contribution >= 4 is 40.3 Å². The minimum Gasteiger partial charge on any atom is -0.457 e. The smallest absolute Gasteiger partial charge is 0.266 e. The van der Waals surface area contributed by atoms with Crippen molar-refractivity contribution in [2.45, 2.75) is 13.5 Å². The third-order valence-electron chi connectivity index (χ3n) is 4.53. The molecule has 3 aromatic rings. The van der Waals surface area contributed by atoms with E-state index >= 15 is 0 Å². The number of amides is 1. The molecule has 1 amide bonds. The second-order valence-corrected chi connectivity index (χ2v) is 8.32. The summed E-state index contributed by atoms with van der Waals surface area (Å²) in [6.07, 6.45) is 1.72. The van der Waals surface area contributed by atoms with Crippen molar-refractivity contribution < 1.29 is 9.21 Å². The van der Waals surface area contributed by atoms with Crippen molar-refractivity contribution in [1.82, 2.24) is 4.90 Å². The molecule has 1 aliphatic heterocycles. The lowest BCUT2D eigenvalue weighted by Crippen LogP contribution is -2.27. The third-order valence-corrected chi connectivity index (χ3v) is 5.91. The Hall–Kier alpha value is -3.14. The van der Waals surface area contributed by atoms with Gasteiger partial charge in [0.25, 0.3) is 5.91 Å². The first-order valence-electron chi connectivity index (χ1n) is 8.95. The van der Waals surface area contributed by atoms with Crippen LogP contribution >= 0.6 is 24.0 Å². The van der Waals surface area contributed by atoms with Crippen LogP contribution < -0.4 is 0 Å². The second kappa shape index (κ2) is 8.08. The van der Waals surface area contributed by atoms with Crippen molar-refractivity contribution in [3.63, 3.8) is 0 Å². The van der Waals surface area contributed by atoms with E-state index in [1.807, 2.05) is 55.5 Å². The first-order valence-corrected chi connectivity index (χ1v) is 10.2. The highest BCUT2D eigenvalue weighted by atomic mass is 32.2. The summed E-state index contributed by atoms with van der Waals surface area (Å²) in [5.41, 5.74) is 3.68. The molecule has 2 heterocycles. The van der Waals surface area contributed by atoms with Crippen LogP contribution in [0, 0.1) is 18.3 Å². The van der Waals surface area contributed by atoms with E-state index in [1.54, 1.807) is 23.1 Å². The number of thioether (sulfide) groups is 1. The van der Waals surface area contributed by atoms with Gasteiger partial charge >= 0.3 is 0 Å². The van der Waals surface area contributed by atoms with Gasteiger partial charge in [-0.3, -0.25) is 9.69 Å². The summed E-state index contributed by atoms with van der Waals surface area (Å²) in [6.45, 7) is 2.48. The van der Waals surface area contributed by atoms with E-state index in [-0.39, 0.29) is 5.91 Å². The summed E-state index contributed by atoms with van der Waals surface area (Å²) in [5, 5.41) is 8.91. The molecule has 4 nitrogen and oxygen atoms in total. The number of carbonyl (C=O) groups is 1. The summed E-state index contributed by atoms with van der Waals surface area (Å²) in [6, 6.07) is 21.0. The van der Waals surface area contributed by atoms with E-state index in [9.17, 15) is 4.79 Å². The molecule has 1 aromatic heterocycles. The molecule has 1 aliphatic rings. The first-order chi connectivity index (χ1) is 14.0. The van der Waals surface area contributed by atoms with Crippen LogP contribution in [0.1, 0.15) is 22.5 Å². The van der Waals surface area contributed by atoms with Crippen molar-refractivity contribution in [1.29, 1.82) is 5.26 Å². The van der Waals surface area contributed by atoms with Crippen molar-refractivity contribution in [2.75, 3.05) is 0 Å². The predicted molar refractivity (Wildman–Crippen MR) is 119 cm³/mol. The van der Waals surface area contributed by atoms with Gasteiger partial charge in [0.15, 0.2) is 0 Å². The van der Waals surface area contributed by atoms with E-state index in [2.05, 4.69) is 6.07 Å². The molecule has 0 aliphatic carbocycles. The van der Waals surface area contributed by atoms with Crippen molar-refractivity contribution in [2.24, 2.45) is 0 Å². The molecule has 1 fully saturated rings. The number of thiocarbonyl (C=S) groups is 1. The molecule has 0 unspecified atom stereocenters. The summed E-state index contributed by atoms with van der Waals surface area (Å²) in [4.78, 5) is 15.0. The maximum Gasteiger partial charge on any atom is 0.266 e. The Morgan fingerprint density at radius 2 is 1.83 bits per heavy atom. The number of benzene rings is 2. The number of nitriles is 1. The fourth-order valence-corrected chi connectivity index (χ4v) is 4.17. The van der Waals surface area contributed by atoms with Crippen LogP contribution in [0.25, 0.3) is 17.4 Å². The fourth-order valence-electron chi connectivity index (χ4n) is 2.94. The molecule has 142 valence electrons. The summed E-state index contributed by atoms with van der Waals surface area (Å²) >= 11 is 6.69. The molecule has 1 saturated heterocycles. The van der Waals surface area contributed by atoms with E-state index in [1.165, 1.54) is 17.3 Å². The van der Waals surface area contributed by atoms with Crippen LogP contribution in [0.15, 0.2) is 70.0 Å². The van der Waals surface area contributed by atoms with E-state index in [0.717, 1.165) is 11.1 Å². The fraction of sp³-hybridized carbons (Fsp3) is 0.0870. The number of furan rings is 1. The number of nitrogens with zero attached hydrogens (tertiary/aromatic N) is 2. The van der Waals surface area contributed by atoms with E-state index in [4.69, 9.17) is 21.9 Å². The zero-order valence-corrected chi connectivity index (χ0v) is 17.2. The standard InChI is InChI=1S/C23H16N2O2S2/c1-15-2-4-17(5-3-15)14-25-22(26)21(29-23(25)28)12-19-10-11-20(27-19)18-8-6-16(13-24)7-9-18/h2-12H,14H2,1H3/b21-12-. The maximum absolute atomic E-state index is 12.8. The van der Waals surface area contributed by atoms with Gasteiger partial charge in [-0.25, -0.2) is 0 Å². The van der Waals surface area contributed by atoms with E-state index in [0.29, 0.717) is 32.9 Å². The van der Waals surface area contributed by atoms with Gasteiger partial charge < -0.3 is 4.42 Å². The van der Waals surface area contributed by atoms with Gasteiger partial charge in [0, 0.05) is 11.6 Å². The Balaban J connectivity index is 1.52. The highest BCUT2D eigenvalue weighted by Crippen LogP contribution is 2.34. The van der Waals surface area contributed by atoms with Crippen LogP contribution in [-0.4, -0.2) is 15.1 Å².